The Morgan fingerprint density at radius 2 is 1.85 bits per heavy atom. The van der Waals surface area contributed by atoms with Crippen LogP contribution in [0.3, 0.4) is 0 Å². The summed E-state index contributed by atoms with van der Waals surface area (Å²) in [5.74, 6) is 0.195. The Labute approximate surface area is 169 Å². The second-order valence-electron chi connectivity index (χ2n) is 6.11. The van der Waals surface area contributed by atoms with E-state index in [1.807, 2.05) is 31.2 Å². The highest BCUT2D eigenvalue weighted by molar-refractivity contribution is 9.10. The quantitative estimate of drug-likeness (QED) is 0.614. The maximum atomic E-state index is 12.3. The first-order chi connectivity index (χ1) is 12.9. The maximum absolute atomic E-state index is 12.3. The lowest BCUT2D eigenvalue weighted by molar-refractivity contribution is -0.121. The highest BCUT2D eigenvalue weighted by Gasteiger charge is 2.13. The number of aromatic nitrogens is 2. The highest BCUT2D eigenvalue weighted by atomic mass is 79.9. The molecule has 0 saturated heterocycles. The van der Waals surface area contributed by atoms with Gasteiger partial charge in [0, 0.05) is 26.8 Å². The van der Waals surface area contributed by atoms with Gasteiger partial charge in [-0.05, 0) is 48.9 Å². The molecule has 0 spiro atoms. The van der Waals surface area contributed by atoms with E-state index in [9.17, 15) is 9.59 Å². The highest BCUT2D eigenvalue weighted by Crippen LogP contribution is 2.18. The van der Waals surface area contributed by atoms with Crippen LogP contribution >= 0.6 is 27.5 Å². The van der Waals surface area contributed by atoms with E-state index in [4.69, 9.17) is 11.6 Å². The molecule has 0 aliphatic rings. The minimum Gasteiger partial charge on any atom is -0.349 e. The van der Waals surface area contributed by atoms with Crippen LogP contribution in [0.5, 0.6) is 0 Å². The summed E-state index contributed by atoms with van der Waals surface area (Å²) in [6.07, 6.45) is 1.40. The minimum absolute atomic E-state index is 0.0376. The molecule has 0 radical (unpaired) electrons. The summed E-state index contributed by atoms with van der Waals surface area (Å²) < 4.78 is 0.975. The van der Waals surface area contributed by atoms with Crippen LogP contribution in [-0.4, -0.2) is 15.9 Å². The average Bonchev–Trinajstić information content (AvgIpc) is 2.64. The topological polar surface area (TPSA) is 74.8 Å². The van der Waals surface area contributed by atoms with E-state index < -0.39 is 0 Å². The van der Waals surface area contributed by atoms with Gasteiger partial charge >= 0.3 is 0 Å². The maximum Gasteiger partial charge on any atom is 0.254 e. The number of amides is 1. The second-order valence-corrected chi connectivity index (χ2v) is 7.46. The summed E-state index contributed by atoms with van der Waals surface area (Å²) in [7, 11) is 0. The molecule has 138 valence electrons. The number of aromatic amines is 1. The van der Waals surface area contributed by atoms with E-state index in [-0.39, 0.29) is 23.9 Å². The molecule has 1 aromatic heterocycles. The van der Waals surface area contributed by atoms with Gasteiger partial charge in [0.05, 0.1) is 12.5 Å². The van der Waals surface area contributed by atoms with Crippen molar-refractivity contribution in [2.45, 2.75) is 19.4 Å². The van der Waals surface area contributed by atoms with Crippen LogP contribution in [0.4, 0.5) is 0 Å². The monoisotopic (exact) mass is 445 g/mol. The molecule has 0 fully saturated rings. The lowest BCUT2D eigenvalue weighted by Gasteiger charge is -2.14. The number of rotatable bonds is 5. The van der Waals surface area contributed by atoms with E-state index in [0.29, 0.717) is 16.4 Å². The second kappa shape index (κ2) is 8.50. The Bertz CT molecular complexity index is 1000. The minimum atomic E-state index is -0.332. The largest absolute Gasteiger partial charge is 0.349 e. The molecule has 7 heteroatoms. The molecule has 1 heterocycles. The number of carbonyl (C=O) groups excluding carboxylic acids is 1. The van der Waals surface area contributed by atoms with E-state index >= 15 is 0 Å². The van der Waals surface area contributed by atoms with E-state index in [0.717, 1.165) is 15.6 Å². The van der Waals surface area contributed by atoms with Crippen LogP contribution in [0.25, 0.3) is 11.4 Å². The van der Waals surface area contributed by atoms with Crippen molar-refractivity contribution >= 4 is 33.4 Å². The molecule has 2 aromatic carbocycles. The molecule has 1 amide bonds. The molecular formula is C20H17BrClN3O2. The fourth-order valence-corrected chi connectivity index (χ4v) is 2.99. The molecule has 0 saturated carbocycles. The molecule has 0 unspecified atom stereocenters. The number of hydrogen-bond acceptors (Lipinski definition) is 3. The number of carbonyl (C=O) groups is 1. The van der Waals surface area contributed by atoms with Gasteiger partial charge < -0.3 is 10.3 Å². The number of benzene rings is 2. The summed E-state index contributed by atoms with van der Waals surface area (Å²) in [6, 6.07) is 14.5. The Morgan fingerprint density at radius 1 is 1.19 bits per heavy atom. The zero-order chi connectivity index (χ0) is 19.4. The van der Waals surface area contributed by atoms with Crippen molar-refractivity contribution < 1.29 is 4.79 Å². The average molecular weight is 447 g/mol. The molecular weight excluding hydrogens is 430 g/mol. The van der Waals surface area contributed by atoms with E-state index in [1.165, 1.54) is 6.20 Å². The fourth-order valence-electron chi connectivity index (χ4n) is 2.60. The summed E-state index contributed by atoms with van der Waals surface area (Å²) in [5.41, 5.74) is 1.71. The van der Waals surface area contributed by atoms with Crippen LogP contribution < -0.4 is 10.9 Å². The van der Waals surface area contributed by atoms with Gasteiger partial charge in [-0.1, -0.05) is 39.7 Å². The molecule has 0 bridgehead atoms. The van der Waals surface area contributed by atoms with Crippen molar-refractivity contribution in [1.29, 1.82) is 0 Å². The van der Waals surface area contributed by atoms with Gasteiger partial charge in [-0.2, -0.15) is 0 Å². The number of nitrogens with one attached hydrogen (secondary N) is 2. The predicted octanol–water partition coefficient (Wildman–Crippen LogP) is 4.27. The number of hydrogen-bond donors (Lipinski definition) is 2. The summed E-state index contributed by atoms with van der Waals surface area (Å²) >= 11 is 9.25. The van der Waals surface area contributed by atoms with Gasteiger partial charge in [0.1, 0.15) is 5.82 Å². The van der Waals surface area contributed by atoms with Crippen LogP contribution in [0.15, 0.2) is 64.0 Å². The van der Waals surface area contributed by atoms with Crippen LogP contribution in [0.2, 0.25) is 5.02 Å². The normalized spacial score (nSPS) is 11.8. The molecule has 1 atom stereocenters. The zero-order valence-corrected chi connectivity index (χ0v) is 16.8. The number of H-pyrrole nitrogens is 1. The Kier molecular flexibility index (Phi) is 6.08. The van der Waals surface area contributed by atoms with Crippen molar-refractivity contribution in [2.24, 2.45) is 0 Å². The summed E-state index contributed by atoms with van der Waals surface area (Å²) in [5, 5.41) is 3.50. The molecule has 2 N–H and O–H groups in total. The number of nitrogens with zero attached hydrogens (tertiary/aromatic N) is 1. The first-order valence-electron chi connectivity index (χ1n) is 8.31. The van der Waals surface area contributed by atoms with Crippen molar-refractivity contribution in [3.05, 3.63) is 85.7 Å². The smallest absolute Gasteiger partial charge is 0.254 e. The van der Waals surface area contributed by atoms with Gasteiger partial charge in [0.15, 0.2) is 0 Å². The van der Waals surface area contributed by atoms with Crippen LogP contribution in [0, 0.1) is 0 Å². The SMILES string of the molecule is C[C@H](NC(=O)Cc1cnc(-c2ccc(Cl)cc2)[nH]c1=O)c1ccc(Br)cc1. The third-order valence-corrected chi connectivity index (χ3v) is 4.87. The Hall–Kier alpha value is -2.44. The van der Waals surface area contributed by atoms with Crippen molar-refractivity contribution in [2.75, 3.05) is 0 Å². The van der Waals surface area contributed by atoms with Crippen LogP contribution in [-0.2, 0) is 11.2 Å². The number of halogens is 2. The van der Waals surface area contributed by atoms with Gasteiger partial charge in [-0.3, -0.25) is 9.59 Å². The third kappa shape index (κ3) is 5.05. The van der Waals surface area contributed by atoms with Crippen molar-refractivity contribution in [1.82, 2.24) is 15.3 Å². The summed E-state index contributed by atoms with van der Waals surface area (Å²) in [4.78, 5) is 31.6. The first-order valence-corrected chi connectivity index (χ1v) is 9.48. The van der Waals surface area contributed by atoms with E-state index in [2.05, 4.69) is 31.2 Å². The third-order valence-electron chi connectivity index (χ3n) is 4.09. The zero-order valence-electron chi connectivity index (χ0n) is 14.5. The van der Waals surface area contributed by atoms with E-state index in [1.54, 1.807) is 24.3 Å². The molecule has 0 aliphatic carbocycles. The van der Waals surface area contributed by atoms with Gasteiger partial charge in [0.25, 0.3) is 5.56 Å². The molecule has 3 rings (SSSR count). The first kappa shape index (κ1) is 19.3. The Morgan fingerprint density at radius 3 is 2.48 bits per heavy atom. The Balaban J connectivity index is 1.68. The summed E-state index contributed by atoms with van der Waals surface area (Å²) in [6.45, 7) is 1.90. The molecule has 0 aliphatic heterocycles. The standard InChI is InChI=1S/C20H17BrClN3O2/c1-12(13-2-6-16(21)7-3-13)24-18(26)10-15-11-23-19(25-20(15)27)14-4-8-17(22)9-5-14/h2-9,11-12H,10H2,1H3,(H,24,26)(H,23,25,27)/t12-/m0/s1. The van der Waals surface area contributed by atoms with Gasteiger partial charge in [0.2, 0.25) is 5.91 Å². The van der Waals surface area contributed by atoms with Gasteiger partial charge in [-0.25, -0.2) is 4.98 Å². The predicted molar refractivity (Wildman–Crippen MR) is 110 cm³/mol. The molecule has 5 nitrogen and oxygen atoms in total. The van der Waals surface area contributed by atoms with Gasteiger partial charge in [-0.15, -0.1) is 0 Å². The molecule has 27 heavy (non-hydrogen) atoms. The lowest BCUT2D eigenvalue weighted by Crippen LogP contribution is -2.30. The van der Waals surface area contributed by atoms with Crippen molar-refractivity contribution in [3.63, 3.8) is 0 Å². The fraction of sp³-hybridized carbons (Fsp3) is 0.150. The molecule has 3 aromatic rings. The lowest BCUT2D eigenvalue weighted by atomic mass is 10.1. The van der Waals surface area contributed by atoms with Crippen LogP contribution in [0.1, 0.15) is 24.1 Å². The van der Waals surface area contributed by atoms with Crippen molar-refractivity contribution in [3.8, 4) is 11.4 Å².